The van der Waals surface area contributed by atoms with Crippen molar-refractivity contribution in [3.05, 3.63) is 83.9 Å². The van der Waals surface area contributed by atoms with Crippen molar-refractivity contribution in [1.82, 2.24) is 5.32 Å². The van der Waals surface area contributed by atoms with Crippen LogP contribution in [0.5, 0.6) is 0 Å². The van der Waals surface area contributed by atoms with Crippen LogP contribution in [0, 0.1) is 22.7 Å². The van der Waals surface area contributed by atoms with E-state index < -0.39 is 5.92 Å². The Labute approximate surface area is 189 Å². The Morgan fingerprint density at radius 2 is 1.58 bits per heavy atom. The summed E-state index contributed by atoms with van der Waals surface area (Å²) in [5.74, 6) is -0.813. The molecule has 1 unspecified atom stereocenters. The second-order valence-corrected chi connectivity index (χ2v) is 11.4. The molecular formula is C27H35N2OP. The highest BCUT2D eigenvalue weighted by molar-refractivity contribution is 7.56. The van der Waals surface area contributed by atoms with E-state index in [0.29, 0.717) is 6.54 Å². The van der Waals surface area contributed by atoms with Gasteiger partial charge in [0.2, 0.25) is 5.91 Å². The normalized spacial score (nSPS) is 12.2. The Morgan fingerprint density at radius 3 is 2.03 bits per heavy atom. The standard InChI is InChI=1S/C27H35N2OP/c1-22(2)15-17-29-26(30)25(19-28)27(3,4)16-18-31(20-23-11-7-5-8-12-23)21-24-13-9-6-10-14-24/h5-14,25H,1,15-18,20-21H2,2-4H3,(H,29,30). The van der Waals surface area contributed by atoms with Crippen molar-refractivity contribution in [3.8, 4) is 6.07 Å². The molecule has 0 fully saturated rings. The molecule has 4 heteroatoms. The molecule has 1 atom stereocenters. The third-order valence-electron chi connectivity index (χ3n) is 5.59. The summed E-state index contributed by atoms with van der Waals surface area (Å²) in [4.78, 5) is 12.7. The van der Waals surface area contributed by atoms with Gasteiger partial charge in [-0.2, -0.15) is 5.26 Å². The minimum Gasteiger partial charge on any atom is -0.355 e. The molecule has 0 aliphatic carbocycles. The van der Waals surface area contributed by atoms with Crippen LogP contribution in [0.3, 0.4) is 0 Å². The summed E-state index contributed by atoms with van der Waals surface area (Å²) >= 11 is 0. The van der Waals surface area contributed by atoms with Crippen LogP contribution in [0.2, 0.25) is 0 Å². The molecule has 0 aliphatic heterocycles. The summed E-state index contributed by atoms with van der Waals surface area (Å²) in [5, 5.41) is 12.7. The number of carbonyl (C=O) groups is 1. The minimum absolute atomic E-state index is 0.163. The molecule has 1 amide bonds. The van der Waals surface area contributed by atoms with Crippen LogP contribution in [0.15, 0.2) is 72.8 Å². The molecule has 0 aromatic heterocycles. The highest BCUT2D eigenvalue weighted by Gasteiger charge is 2.35. The van der Waals surface area contributed by atoms with Crippen molar-refractivity contribution in [2.45, 2.75) is 45.9 Å². The topological polar surface area (TPSA) is 52.9 Å². The largest absolute Gasteiger partial charge is 0.355 e. The number of carbonyl (C=O) groups excluding carboxylic acids is 1. The number of hydrogen-bond acceptors (Lipinski definition) is 2. The fraction of sp³-hybridized carbons (Fsp3) is 0.407. The fourth-order valence-corrected chi connectivity index (χ4v) is 6.35. The van der Waals surface area contributed by atoms with Gasteiger partial charge >= 0.3 is 0 Å². The molecular weight excluding hydrogens is 399 g/mol. The van der Waals surface area contributed by atoms with E-state index in [2.05, 4.69) is 92.5 Å². The van der Waals surface area contributed by atoms with Gasteiger partial charge in [-0.3, -0.25) is 4.79 Å². The second kappa shape index (κ2) is 12.4. The number of benzene rings is 2. The van der Waals surface area contributed by atoms with Crippen LogP contribution in [0.25, 0.3) is 0 Å². The molecule has 0 heterocycles. The molecule has 0 bridgehead atoms. The van der Waals surface area contributed by atoms with Gasteiger partial charge in [0, 0.05) is 6.54 Å². The first kappa shape index (κ1) is 24.8. The molecule has 164 valence electrons. The summed E-state index contributed by atoms with van der Waals surface area (Å²) in [7, 11) is -0.299. The summed E-state index contributed by atoms with van der Waals surface area (Å²) in [6.07, 6.45) is 4.74. The highest BCUT2D eigenvalue weighted by Crippen LogP contribution is 2.47. The third kappa shape index (κ3) is 8.68. The van der Waals surface area contributed by atoms with Gasteiger partial charge in [0.1, 0.15) is 5.92 Å². The zero-order valence-electron chi connectivity index (χ0n) is 19.1. The summed E-state index contributed by atoms with van der Waals surface area (Å²) in [6.45, 7) is 10.5. The smallest absolute Gasteiger partial charge is 0.237 e. The van der Waals surface area contributed by atoms with Crippen molar-refractivity contribution in [2.24, 2.45) is 11.3 Å². The van der Waals surface area contributed by atoms with Crippen molar-refractivity contribution >= 4 is 13.8 Å². The molecule has 1 N–H and O–H groups in total. The van der Waals surface area contributed by atoms with E-state index in [0.717, 1.165) is 36.9 Å². The first-order valence-electron chi connectivity index (χ1n) is 10.9. The lowest BCUT2D eigenvalue weighted by molar-refractivity contribution is -0.126. The van der Waals surface area contributed by atoms with E-state index in [9.17, 15) is 10.1 Å². The predicted octanol–water partition coefficient (Wildman–Crippen LogP) is 6.51. The van der Waals surface area contributed by atoms with Gasteiger partial charge in [0.15, 0.2) is 0 Å². The van der Waals surface area contributed by atoms with Crippen molar-refractivity contribution in [1.29, 1.82) is 5.26 Å². The van der Waals surface area contributed by atoms with Crippen LogP contribution < -0.4 is 5.32 Å². The highest BCUT2D eigenvalue weighted by atomic mass is 31.1. The molecule has 31 heavy (non-hydrogen) atoms. The third-order valence-corrected chi connectivity index (χ3v) is 8.07. The lowest BCUT2D eigenvalue weighted by Crippen LogP contribution is -2.39. The molecule has 2 aromatic rings. The Morgan fingerprint density at radius 1 is 1.06 bits per heavy atom. The SMILES string of the molecule is C=C(C)CCNC(=O)C(C#N)C(C)(C)CCP(Cc1ccccc1)Cc1ccccc1. The first-order chi connectivity index (χ1) is 14.8. The van der Waals surface area contributed by atoms with Gasteiger partial charge in [0.05, 0.1) is 6.07 Å². The van der Waals surface area contributed by atoms with Crippen LogP contribution in [-0.2, 0) is 17.1 Å². The van der Waals surface area contributed by atoms with Crippen LogP contribution >= 0.6 is 7.92 Å². The maximum Gasteiger partial charge on any atom is 0.237 e. The Hall–Kier alpha value is -2.43. The average molecular weight is 435 g/mol. The molecule has 3 nitrogen and oxygen atoms in total. The molecule has 0 saturated heterocycles. The average Bonchev–Trinajstić information content (AvgIpc) is 2.73. The van der Waals surface area contributed by atoms with Crippen molar-refractivity contribution < 1.29 is 4.79 Å². The maximum absolute atomic E-state index is 12.7. The Kier molecular flexibility index (Phi) is 9.96. The Bertz CT molecular complexity index is 830. The lowest BCUT2D eigenvalue weighted by atomic mass is 9.77. The number of amides is 1. The number of nitriles is 1. The summed E-state index contributed by atoms with van der Waals surface area (Å²) in [6, 6.07) is 23.5. The molecule has 0 saturated carbocycles. The zero-order chi connectivity index (χ0) is 22.7. The van der Waals surface area contributed by atoms with Crippen molar-refractivity contribution in [2.75, 3.05) is 12.7 Å². The van der Waals surface area contributed by atoms with Gasteiger partial charge in [-0.25, -0.2) is 0 Å². The van der Waals surface area contributed by atoms with Gasteiger partial charge in [-0.1, -0.05) is 88.0 Å². The van der Waals surface area contributed by atoms with Gasteiger partial charge in [0.25, 0.3) is 0 Å². The number of nitrogens with one attached hydrogen (secondary N) is 1. The molecule has 2 aromatic carbocycles. The summed E-state index contributed by atoms with van der Waals surface area (Å²) in [5.41, 5.74) is 3.37. The molecule has 0 radical (unpaired) electrons. The van der Waals surface area contributed by atoms with Gasteiger partial charge in [-0.05, 0) is 54.8 Å². The predicted molar refractivity (Wildman–Crippen MR) is 132 cm³/mol. The lowest BCUT2D eigenvalue weighted by Gasteiger charge is -2.31. The van der Waals surface area contributed by atoms with Crippen molar-refractivity contribution in [3.63, 3.8) is 0 Å². The minimum atomic E-state index is -0.650. The monoisotopic (exact) mass is 434 g/mol. The summed E-state index contributed by atoms with van der Waals surface area (Å²) < 4.78 is 0. The van der Waals surface area contributed by atoms with E-state index in [1.165, 1.54) is 11.1 Å². The maximum atomic E-state index is 12.7. The Balaban J connectivity index is 2.05. The van der Waals surface area contributed by atoms with Gasteiger partial charge in [-0.15, -0.1) is 6.58 Å². The molecule has 0 spiro atoms. The van der Waals surface area contributed by atoms with E-state index >= 15 is 0 Å². The van der Waals surface area contributed by atoms with E-state index in [-0.39, 0.29) is 19.2 Å². The number of hydrogen-bond donors (Lipinski definition) is 1. The van der Waals surface area contributed by atoms with E-state index in [4.69, 9.17) is 0 Å². The van der Waals surface area contributed by atoms with E-state index in [1.54, 1.807) is 0 Å². The van der Waals surface area contributed by atoms with Crippen LogP contribution in [0.1, 0.15) is 44.7 Å². The fourth-order valence-electron chi connectivity index (χ4n) is 3.58. The van der Waals surface area contributed by atoms with Crippen LogP contribution in [0.4, 0.5) is 0 Å². The zero-order valence-corrected chi connectivity index (χ0v) is 20.0. The van der Waals surface area contributed by atoms with Gasteiger partial charge < -0.3 is 5.32 Å². The molecule has 0 aliphatic rings. The first-order valence-corrected chi connectivity index (χ1v) is 12.8. The van der Waals surface area contributed by atoms with E-state index in [1.807, 2.05) is 6.92 Å². The number of rotatable bonds is 12. The number of nitrogens with zero attached hydrogens (tertiary/aromatic N) is 1. The quantitative estimate of drug-likeness (QED) is 0.306. The molecule has 2 rings (SSSR count). The van der Waals surface area contributed by atoms with Crippen LogP contribution in [-0.4, -0.2) is 18.6 Å². The second-order valence-electron chi connectivity index (χ2n) is 8.98.